The highest BCUT2D eigenvalue weighted by molar-refractivity contribution is 6.53. The monoisotopic (exact) mass is 772 g/mol. The summed E-state index contributed by atoms with van der Waals surface area (Å²) in [6, 6.07) is 31.5. The summed E-state index contributed by atoms with van der Waals surface area (Å²) in [7, 11) is 11.2. The van der Waals surface area contributed by atoms with Crippen molar-refractivity contribution in [3.05, 3.63) is 163 Å². The Labute approximate surface area is 324 Å². The zero-order valence-corrected chi connectivity index (χ0v) is 32.5. The third kappa shape index (κ3) is 7.09. The second kappa shape index (κ2) is 15.2. The number of nitrogens with zero attached hydrogens (tertiary/aromatic N) is 2. The van der Waals surface area contributed by atoms with Crippen LogP contribution in [0.4, 0.5) is 11.4 Å². The molecule has 1 aliphatic heterocycles. The molecule has 266 valence electrons. The van der Waals surface area contributed by atoms with Gasteiger partial charge < -0.3 is 24.0 Å². The van der Waals surface area contributed by atoms with Crippen molar-refractivity contribution in [1.82, 2.24) is 0 Å². The van der Waals surface area contributed by atoms with Crippen molar-refractivity contribution < 1.29 is 19.0 Å². The molecule has 1 heterocycles. The number of rotatable bonds is 10. The van der Waals surface area contributed by atoms with Crippen LogP contribution in [0.25, 0.3) is 11.1 Å². The van der Waals surface area contributed by atoms with E-state index in [0.717, 1.165) is 44.8 Å². The number of esters is 1. The molecule has 0 radical (unpaired) electrons. The van der Waals surface area contributed by atoms with Crippen LogP contribution in [0.15, 0.2) is 109 Å². The number of carbonyl (C=O) groups is 1. The van der Waals surface area contributed by atoms with Crippen LogP contribution >= 0.6 is 46.4 Å². The summed E-state index contributed by atoms with van der Waals surface area (Å²) in [6.07, 6.45) is 3.79. The Kier molecular flexibility index (Phi) is 10.8. The van der Waals surface area contributed by atoms with Gasteiger partial charge in [0, 0.05) is 45.1 Å². The van der Waals surface area contributed by atoms with Gasteiger partial charge in [0.15, 0.2) is 5.60 Å². The summed E-state index contributed by atoms with van der Waals surface area (Å²) in [5.41, 5.74) is 5.61. The van der Waals surface area contributed by atoms with Gasteiger partial charge in [-0.05, 0) is 94.1 Å². The Balaban J connectivity index is 1.74. The first-order chi connectivity index (χ1) is 24.9. The minimum atomic E-state index is -1.63. The number of halogens is 4. The average Bonchev–Trinajstić information content (AvgIpc) is 3.45. The molecule has 10 heteroatoms. The molecular formula is C42H36Cl4N2O4. The number of methoxy groups -OCH3 is 2. The van der Waals surface area contributed by atoms with Crippen LogP contribution in [0.1, 0.15) is 38.2 Å². The molecule has 0 saturated heterocycles. The Morgan fingerprint density at radius 2 is 0.904 bits per heavy atom. The van der Waals surface area contributed by atoms with E-state index in [-0.39, 0.29) is 31.2 Å². The van der Waals surface area contributed by atoms with E-state index in [1.54, 1.807) is 14.2 Å². The van der Waals surface area contributed by atoms with Gasteiger partial charge in [-0.25, -0.2) is 4.79 Å². The number of benzene rings is 5. The van der Waals surface area contributed by atoms with Crippen molar-refractivity contribution in [3.8, 4) is 11.5 Å². The fraction of sp³-hybridized carbons (Fsp3) is 0.167. The summed E-state index contributed by atoms with van der Waals surface area (Å²) in [4.78, 5) is 18.1. The quantitative estimate of drug-likeness (QED) is 0.0800. The molecule has 5 aromatic carbocycles. The van der Waals surface area contributed by atoms with E-state index in [2.05, 4.69) is 0 Å². The molecule has 0 saturated carbocycles. The molecule has 5 aromatic rings. The number of hydrogen-bond donors (Lipinski definition) is 0. The van der Waals surface area contributed by atoms with Gasteiger partial charge in [0.05, 0.1) is 39.9 Å². The van der Waals surface area contributed by atoms with Gasteiger partial charge >= 0.3 is 5.97 Å². The standard InChI is InChI=1S/C42H36Cl4N2O4/c1-47(2)29-15-7-25(8-16-29)33(27-11-19-31(50-5)20-12-27)23-42(36-35(41(49)52-42)37(43)39(45)40(46)38(36)44)24-34(28-13-21-32(51-6)22-14-28)26-9-17-30(18-10-26)48(3)4/h7-24H,1-6H3/b33-23-,34-24-. The molecule has 0 N–H and O–H groups in total. The molecule has 0 spiro atoms. The maximum atomic E-state index is 14.1. The lowest BCUT2D eigenvalue weighted by molar-refractivity contribution is 0.0300. The number of cyclic esters (lactones) is 1. The summed E-state index contributed by atoms with van der Waals surface area (Å²) < 4.78 is 17.5. The molecule has 6 nitrogen and oxygen atoms in total. The Hall–Kier alpha value is -4.59. The van der Waals surface area contributed by atoms with Crippen molar-refractivity contribution in [2.24, 2.45) is 0 Å². The second-order valence-electron chi connectivity index (χ2n) is 12.6. The molecule has 0 unspecified atom stereocenters. The first-order valence-corrected chi connectivity index (χ1v) is 17.8. The average molecular weight is 775 g/mol. The Bertz CT molecular complexity index is 2060. The molecular weight excluding hydrogens is 738 g/mol. The molecule has 6 rings (SSSR count). The van der Waals surface area contributed by atoms with Crippen LogP contribution in [-0.4, -0.2) is 48.4 Å². The maximum absolute atomic E-state index is 14.1. The van der Waals surface area contributed by atoms with E-state index in [1.165, 1.54) is 0 Å². The van der Waals surface area contributed by atoms with Crippen LogP contribution in [-0.2, 0) is 10.3 Å². The summed E-state index contributed by atoms with van der Waals surface area (Å²) in [5.74, 6) is 0.692. The molecule has 0 fully saturated rings. The fourth-order valence-corrected chi connectivity index (χ4v) is 7.28. The van der Waals surface area contributed by atoms with Crippen LogP contribution < -0.4 is 19.3 Å². The van der Waals surface area contributed by atoms with Crippen molar-refractivity contribution >= 4 is 74.9 Å². The molecule has 0 amide bonds. The topological polar surface area (TPSA) is 51.2 Å². The van der Waals surface area contributed by atoms with Gasteiger partial charge in [-0.15, -0.1) is 0 Å². The van der Waals surface area contributed by atoms with E-state index < -0.39 is 11.6 Å². The molecule has 0 aromatic heterocycles. The smallest absolute Gasteiger partial charge is 0.341 e. The zero-order valence-electron chi connectivity index (χ0n) is 29.4. The third-order valence-corrected chi connectivity index (χ3v) is 10.8. The number of fused-ring (bicyclic) bond motifs is 1. The first kappa shape index (κ1) is 37.2. The molecule has 1 aliphatic rings. The second-order valence-corrected chi connectivity index (χ2v) is 14.2. The van der Waals surface area contributed by atoms with E-state index in [9.17, 15) is 4.79 Å². The highest BCUT2D eigenvalue weighted by Crippen LogP contribution is 2.53. The molecule has 0 atom stereocenters. The molecule has 0 bridgehead atoms. The maximum Gasteiger partial charge on any atom is 0.341 e. The number of carbonyl (C=O) groups excluding carboxylic acids is 1. The largest absolute Gasteiger partial charge is 0.497 e. The molecule has 52 heavy (non-hydrogen) atoms. The van der Waals surface area contributed by atoms with Gasteiger partial charge in [-0.1, -0.05) is 94.9 Å². The fourth-order valence-electron chi connectivity index (χ4n) is 6.21. The normalized spacial score (nSPS) is 13.8. The first-order valence-electron chi connectivity index (χ1n) is 16.3. The van der Waals surface area contributed by atoms with E-state index >= 15 is 0 Å². The minimum absolute atomic E-state index is 0.0132. The van der Waals surface area contributed by atoms with Gasteiger partial charge in [0.1, 0.15) is 11.5 Å². The number of ether oxygens (including phenoxy) is 3. The van der Waals surface area contributed by atoms with E-state index in [0.29, 0.717) is 11.5 Å². The number of anilines is 2. The lowest BCUT2D eigenvalue weighted by Gasteiger charge is -2.27. The van der Waals surface area contributed by atoms with Crippen molar-refractivity contribution in [2.75, 3.05) is 52.2 Å². The zero-order chi connectivity index (χ0) is 37.3. The van der Waals surface area contributed by atoms with Gasteiger partial charge in [-0.2, -0.15) is 0 Å². The Morgan fingerprint density at radius 1 is 0.558 bits per heavy atom. The lowest BCUT2D eigenvalue weighted by atomic mass is 9.83. The summed E-state index contributed by atoms with van der Waals surface area (Å²) in [5, 5.41) is -0.00257. The summed E-state index contributed by atoms with van der Waals surface area (Å²) >= 11 is 27.2. The predicted molar refractivity (Wildman–Crippen MR) is 215 cm³/mol. The Morgan fingerprint density at radius 3 is 1.25 bits per heavy atom. The lowest BCUT2D eigenvalue weighted by Crippen LogP contribution is -2.23. The van der Waals surface area contributed by atoms with E-state index in [1.807, 2.05) is 147 Å². The van der Waals surface area contributed by atoms with Crippen LogP contribution in [0.5, 0.6) is 11.5 Å². The highest BCUT2D eigenvalue weighted by atomic mass is 35.5. The third-order valence-electron chi connectivity index (χ3n) is 9.03. The summed E-state index contributed by atoms with van der Waals surface area (Å²) in [6.45, 7) is 0. The van der Waals surface area contributed by atoms with Crippen molar-refractivity contribution in [2.45, 2.75) is 5.60 Å². The molecule has 0 aliphatic carbocycles. The van der Waals surface area contributed by atoms with Crippen LogP contribution in [0, 0.1) is 0 Å². The SMILES string of the molecule is COc1ccc(/C(=C\C2(/C=C(\c3ccc(OC)cc3)c3ccc(N(C)C)cc3)OC(=O)c3c(Cl)c(Cl)c(Cl)c(Cl)c32)c2ccc(N(C)C)cc2)cc1. The van der Waals surface area contributed by atoms with E-state index in [4.69, 9.17) is 60.6 Å². The van der Waals surface area contributed by atoms with Crippen LogP contribution in [0.2, 0.25) is 20.1 Å². The number of hydrogen-bond acceptors (Lipinski definition) is 6. The van der Waals surface area contributed by atoms with Gasteiger partial charge in [-0.3, -0.25) is 0 Å². The van der Waals surface area contributed by atoms with Crippen molar-refractivity contribution in [3.63, 3.8) is 0 Å². The van der Waals surface area contributed by atoms with Crippen LogP contribution in [0.3, 0.4) is 0 Å². The highest BCUT2D eigenvalue weighted by Gasteiger charge is 2.48. The van der Waals surface area contributed by atoms with Gasteiger partial charge in [0.2, 0.25) is 0 Å². The van der Waals surface area contributed by atoms with Crippen molar-refractivity contribution in [1.29, 1.82) is 0 Å². The van der Waals surface area contributed by atoms with Gasteiger partial charge in [0.25, 0.3) is 0 Å². The minimum Gasteiger partial charge on any atom is -0.497 e. The predicted octanol–water partition coefficient (Wildman–Crippen LogP) is 11.1.